The van der Waals surface area contributed by atoms with Crippen molar-refractivity contribution < 1.29 is 14.6 Å². The molecule has 0 unspecified atom stereocenters. The van der Waals surface area contributed by atoms with Gasteiger partial charge in [0.2, 0.25) is 0 Å². The number of rotatable bonds is 2. The smallest absolute Gasteiger partial charge is 0.323 e. The van der Waals surface area contributed by atoms with E-state index < -0.39 is 5.97 Å². The zero-order valence-electron chi connectivity index (χ0n) is 4.88. The van der Waals surface area contributed by atoms with Gasteiger partial charge in [0.15, 0.2) is 0 Å². The zero-order chi connectivity index (χ0) is 7.28. The summed E-state index contributed by atoms with van der Waals surface area (Å²) in [6.45, 7) is -0.202. The van der Waals surface area contributed by atoms with E-state index in [1.807, 2.05) is 0 Å². The summed E-state index contributed by atoms with van der Waals surface area (Å²) in [6, 6.07) is 0. The number of carbonyl (C=O) groups is 1. The topological polar surface area (TPSA) is 58.6 Å². The van der Waals surface area contributed by atoms with Gasteiger partial charge in [-0.2, -0.15) is 0 Å². The molecule has 0 fully saturated rings. The quantitative estimate of drug-likeness (QED) is 0.523. The van der Waals surface area contributed by atoms with Gasteiger partial charge in [-0.25, -0.2) is 0 Å². The summed E-state index contributed by atoms with van der Waals surface area (Å²) in [5, 5.41) is 10.5. The van der Waals surface area contributed by atoms with Gasteiger partial charge in [0, 0.05) is 0 Å². The van der Waals surface area contributed by atoms with Crippen LogP contribution in [0.4, 0.5) is 0 Å². The Balaban J connectivity index is 3.28. The zero-order valence-corrected chi connectivity index (χ0v) is 5.70. The summed E-state index contributed by atoms with van der Waals surface area (Å²) < 4.78 is 4.46. The molecule has 0 saturated heterocycles. The molecule has 0 aromatic carbocycles. The molecular weight excluding hydrogens is 142 g/mol. The van der Waals surface area contributed by atoms with Crippen LogP contribution < -0.4 is 5.32 Å². The fourth-order valence-corrected chi connectivity index (χ4v) is 0.292. The monoisotopic (exact) mass is 149 g/mol. The van der Waals surface area contributed by atoms with Crippen LogP contribution >= 0.6 is 12.2 Å². The molecule has 0 aromatic heterocycles. The van der Waals surface area contributed by atoms with Gasteiger partial charge in [0.1, 0.15) is 6.54 Å². The SMILES string of the molecule is COC(=S)NCC(=O)O. The second kappa shape index (κ2) is 4.08. The highest BCUT2D eigenvalue weighted by molar-refractivity contribution is 7.80. The van der Waals surface area contributed by atoms with Crippen LogP contribution in [0, 0.1) is 0 Å². The van der Waals surface area contributed by atoms with E-state index in [0.717, 1.165) is 0 Å². The lowest BCUT2D eigenvalue weighted by Crippen LogP contribution is -2.28. The van der Waals surface area contributed by atoms with Gasteiger partial charge in [0.25, 0.3) is 5.17 Å². The minimum absolute atomic E-state index is 0.0948. The van der Waals surface area contributed by atoms with Crippen LogP contribution in [-0.2, 0) is 9.53 Å². The minimum atomic E-state index is -0.964. The Labute approximate surface area is 57.8 Å². The standard InChI is InChI=1S/C4H7NO3S/c1-8-4(9)5-2-3(6)7/h2H2,1H3,(H,5,9)(H,6,7). The molecule has 0 radical (unpaired) electrons. The second-order valence-corrected chi connectivity index (χ2v) is 1.61. The number of nitrogens with one attached hydrogen (secondary N) is 1. The molecule has 4 nitrogen and oxygen atoms in total. The fourth-order valence-electron chi connectivity index (χ4n) is 0.220. The van der Waals surface area contributed by atoms with Crippen molar-refractivity contribution in [2.45, 2.75) is 0 Å². The molecule has 2 N–H and O–H groups in total. The van der Waals surface area contributed by atoms with E-state index in [9.17, 15) is 4.79 Å². The molecule has 0 aromatic rings. The average molecular weight is 149 g/mol. The normalized spacial score (nSPS) is 8.11. The number of carboxylic acids is 1. The van der Waals surface area contributed by atoms with Gasteiger partial charge in [-0.1, -0.05) is 0 Å². The highest BCUT2D eigenvalue weighted by Gasteiger charge is 1.96. The van der Waals surface area contributed by atoms with Crippen molar-refractivity contribution in [2.24, 2.45) is 0 Å². The van der Waals surface area contributed by atoms with E-state index in [0.29, 0.717) is 0 Å². The third kappa shape index (κ3) is 5.02. The molecule has 0 amide bonds. The molecule has 0 aliphatic rings. The maximum Gasteiger partial charge on any atom is 0.323 e. The molecule has 5 heteroatoms. The Hall–Kier alpha value is -0.840. The predicted octanol–water partition coefficient (Wildman–Crippen LogP) is -0.408. The number of methoxy groups -OCH3 is 1. The van der Waals surface area contributed by atoms with Crippen LogP contribution in [0.5, 0.6) is 0 Å². The number of hydrogen-bond donors (Lipinski definition) is 2. The second-order valence-electron chi connectivity index (χ2n) is 1.24. The summed E-state index contributed by atoms with van der Waals surface area (Å²) in [5.74, 6) is -0.964. The first-order valence-corrected chi connectivity index (χ1v) is 2.61. The molecular formula is C4H7NO3S. The van der Waals surface area contributed by atoms with Crippen molar-refractivity contribution in [2.75, 3.05) is 13.7 Å². The third-order valence-electron chi connectivity index (χ3n) is 0.569. The first kappa shape index (κ1) is 8.16. The van der Waals surface area contributed by atoms with Crippen molar-refractivity contribution >= 4 is 23.4 Å². The Morgan fingerprint density at radius 1 is 1.89 bits per heavy atom. The number of hydrogen-bond acceptors (Lipinski definition) is 3. The molecule has 0 heterocycles. The summed E-state index contributed by atoms with van der Waals surface area (Å²) in [6.07, 6.45) is 0. The van der Waals surface area contributed by atoms with Crippen molar-refractivity contribution in [1.82, 2.24) is 5.32 Å². The largest absolute Gasteiger partial charge is 0.480 e. The molecule has 0 bridgehead atoms. The third-order valence-corrected chi connectivity index (χ3v) is 0.880. The molecule has 0 saturated carbocycles. The summed E-state index contributed by atoms with van der Waals surface area (Å²) in [7, 11) is 1.37. The predicted molar refractivity (Wildman–Crippen MR) is 35.2 cm³/mol. The number of ether oxygens (including phenoxy) is 1. The molecule has 0 aliphatic heterocycles. The highest BCUT2D eigenvalue weighted by atomic mass is 32.1. The number of aliphatic carboxylic acids is 1. The lowest BCUT2D eigenvalue weighted by molar-refractivity contribution is -0.135. The maximum atomic E-state index is 9.84. The van der Waals surface area contributed by atoms with Crippen molar-refractivity contribution in [3.8, 4) is 0 Å². The lowest BCUT2D eigenvalue weighted by Gasteiger charge is -2.00. The van der Waals surface area contributed by atoms with Gasteiger partial charge >= 0.3 is 5.97 Å². The summed E-state index contributed by atoms with van der Waals surface area (Å²) in [5.41, 5.74) is 0. The van der Waals surface area contributed by atoms with E-state index in [1.165, 1.54) is 7.11 Å². The van der Waals surface area contributed by atoms with Gasteiger partial charge in [0.05, 0.1) is 7.11 Å². The Kier molecular flexibility index (Phi) is 3.70. The summed E-state index contributed by atoms with van der Waals surface area (Å²) in [4.78, 5) is 9.84. The average Bonchev–Trinajstić information content (AvgIpc) is 1.83. The number of carboxylic acid groups (broad SMARTS) is 1. The van der Waals surface area contributed by atoms with E-state index in [1.54, 1.807) is 0 Å². The summed E-state index contributed by atoms with van der Waals surface area (Å²) >= 11 is 4.48. The van der Waals surface area contributed by atoms with Gasteiger partial charge in [-0.05, 0) is 12.2 Å². The van der Waals surface area contributed by atoms with Crippen LogP contribution in [0.15, 0.2) is 0 Å². The highest BCUT2D eigenvalue weighted by Crippen LogP contribution is 1.70. The molecule has 9 heavy (non-hydrogen) atoms. The Morgan fingerprint density at radius 2 is 2.44 bits per heavy atom. The molecule has 0 rings (SSSR count). The van der Waals surface area contributed by atoms with Crippen molar-refractivity contribution in [3.05, 3.63) is 0 Å². The Bertz CT molecular complexity index is 125. The Morgan fingerprint density at radius 3 is 2.78 bits per heavy atom. The first-order valence-electron chi connectivity index (χ1n) is 2.20. The molecule has 52 valence electrons. The minimum Gasteiger partial charge on any atom is -0.480 e. The lowest BCUT2D eigenvalue weighted by atomic mass is 10.7. The van der Waals surface area contributed by atoms with Crippen molar-refractivity contribution in [1.29, 1.82) is 0 Å². The van der Waals surface area contributed by atoms with Gasteiger partial charge in [-0.15, -0.1) is 0 Å². The fraction of sp³-hybridized carbons (Fsp3) is 0.500. The molecule has 0 aliphatic carbocycles. The number of thiocarbonyl (C=S) groups is 1. The van der Waals surface area contributed by atoms with Gasteiger partial charge < -0.3 is 15.2 Å². The molecule has 0 spiro atoms. The van der Waals surface area contributed by atoms with Crippen LogP contribution in [0.3, 0.4) is 0 Å². The van der Waals surface area contributed by atoms with E-state index >= 15 is 0 Å². The van der Waals surface area contributed by atoms with Crippen molar-refractivity contribution in [3.63, 3.8) is 0 Å². The first-order chi connectivity index (χ1) is 4.16. The van der Waals surface area contributed by atoms with Crippen LogP contribution in [0.25, 0.3) is 0 Å². The van der Waals surface area contributed by atoms with Crippen LogP contribution in [-0.4, -0.2) is 29.9 Å². The van der Waals surface area contributed by atoms with Gasteiger partial charge in [-0.3, -0.25) is 4.79 Å². The maximum absolute atomic E-state index is 9.84. The van der Waals surface area contributed by atoms with E-state index in [-0.39, 0.29) is 11.7 Å². The van der Waals surface area contributed by atoms with E-state index in [2.05, 4.69) is 22.3 Å². The van der Waals surface area contributed by atoms with E-state index in [4.69, 9.17) is 5.11 Å². The van der Waals surface area contributed by atoms with Crippen LogP contribution in [0.1, 0.15) is 0 Å². The van der Waals surface area contributed by atoms with Crippen LogP contribution in [0.2, 0.25) is 0 Å². The molecule has 0 atom stereocenters.